The fourth-order valence-corrected chi connectivity index (χ4v) is 3.89. The highest BCUT2D eigenvalue weighted by atomic mass is 15.2. The van der Waals surface area contributed by atoms with Crippen LogP contribution in [0.3, 0.4) is 0 Å². The first-order chi connectivity index (χ1) is 8.35. The zero-order valence-corrected chi connectivity index (χ0v) is 11.8. The molecule has 17 heavy (non-hydrogen) atoms. The van der Waals surface area contributed by atoms with Gasteiger partial charge in [0.25, 0.3) is 0 Å². The standard InChI is InChI=1S/C15H30N2/c1-3-16-15-11-7-8-13(15)12-17(4-2)14-9-5-6-10-14/h13-16H,3-12H2,1-2H3. The number of rotatable bonds is 6. The van der Waals surface area contributed by atoms with Gasteiger partial charge in [-0.2, -0.15) is 0 Å². The van der Waals surface area contributed by atoms with Crippen LogP contribution in [0, 0.1) is 5.92 Å². The van der Waals surface area contributed by atoms with E-state index in [-0.39, 0.29) is 0 Å². The SMILES string of the molecule is CCNC1CCCC1CN(CC)C1CCCC1. The molecule has 0 aliphatic heterocycles. The summed E-state index contributed by atoms with van der Waals surface area (Å²) in [5.74, 6) is 0.912. The first-order valence-corrected chi connectivity index (χ1v) is 7.82. The van der Waals surface area contributed by atoms with Crippen molar-refractivity contribution >= 4 is 0 Å². The van der Waals surface area contributed by atoms with Gasteiger partial charge in [0, 0.05) is 18.6 Å². The Labute approximate surface area is 107 Å². The van der Waals surface area contributed by atoms with Crippen LogP contribution in [-0.2, 0) is 0 Å². The van der Waals surface area contributed by atoms with Crippen LogP contribution in [-0.4, -0.2) is 36.6 Å². The monoisotopic (exact) mass is 238 g/mol. The van der Waals surface area contributed by atoms with Crippen LogP contribution in [0.4, 0.5) is 0 Å². The van der Waals surface area contributed by atoms with Crippen molar-refractivity contribution in [3.8, 4) is 0 Å². The van der Waals surface area contributed by atoms with E-state index in [2.05, 4.69) is 24.1 Å². The van der Waals surface area contributed by atoms with Crippen LogP contribution in [0.25, 0.3) is 0 Å². The van der Waals surface area contributed by atoms with Crippen LogP contribution >= 0.6 is 0 Å². The van der Waals surface area contributed by atoms with Gasteiger partial charge in [-0.25, -0.2) is 0 Å². The first-order valence-electron chi connectivity index (χ1n) is 7.82. The fraction of sp³-hybridized carbons (Fsp3) is 1.00. The molecule has 0 radical (unpaired) electrons. The van der Waals surface area contributed by atoms with Crippen molar-refractivity contribution in [2.75, 3.05) is 19.6 Å². The lowest BCUT2D eigenvalue weighted by molar-refractivity contribution is 0.166. The van der Waals surface area contributed by atoms with E-state index in [1.807, 2.05) is 0 Å². The van der Waals surface area contributed by atoms with Gasteiger partial charge in [0.15, 0.2) is 0 Å². The third kappa shape index (κ3) is 3.45. The molecule has 0 aromatic heterocycles. The van der Waals surface area contributed by atoms with Crippen molar-refractivity contribution in [1.29, 1.82) is 0 Å². The van der Waals surface area contributed by atoms with Gasteiger partial charge in [-0.05, 0) is 44.7 Å². The molecule has 0 spiro atoms. The molecule has 100 valence electrons. The van der Waals surface area contributed by atoms with Crippen molar-refractivity contribution in [3.05, 3.63) is 0 Å². The van der Waals surface area contributed by atoms with Gasteiger partial charge < -0.3 is 10.2 Å². The minimum Gasteiger partial charge on any atom is -0.314 e. The molecule has 0 amide bonds. The zero-order valence-electron chi connectivity index (χ0n) is 11.8. The summed E-state index contributed by atoms with van der Waals surface area (Å²) in [7, 11) is 0. The molecule has 2 aliphatic carbocycles. The Kier molecular flexibility index (Phi) is 5.30. The summed E-state index contributed by atoms with van der Waals surface area (Å²) in [6, 6.07) is 1.71. The molecule has 2 saturated carbocycles. The van der Waals surface area contributed by atoms with E-state index < -0.39 is 0 Å². The maximum atomic E-state index is 3.69. The molecule has 0 aromatic rings. The lowest BCUT2D eigenvalue weighted by Crippen LogP contribution is -2.42. The van der Waals surface area contributed by atoms with Crippen molar-refractivity contribution in [3.63, 3.8) is 0 Å². The molecular weight excluding hydrogens is 208 g/mol. The predicted molar refractivity (Wildman–Crippen MR) is 74.3 cm³/mol. The quantitative estimate of drug-likeness (QED) is 0.765. The van der Waals surface area contributed by atoms with E-state index in [1.54, 1.807) is 0 Å². The molecule has 0 bridgehead atoms. The van der Waals surface area contributed by atoms with Crippen molar-refractivity contribution < 1.29 is 0 Å². The molecule has 0 saturated heterocycles. The lowest BCUT2D eigenvalue weighted by atomic mass is 10.0. The highest BCUT2D eigenvalue weighted by Gasteiger charge is 2.30. The Morgan fingerprint density at radius 2 is 1.76 bits per heavy atom. The van der Waals surface area contributed by atoms with E-state index in [4.69, 9.17) is 0 Å². The van der Waals surface area contributed by atoms with Crippen LogP contribution in [0.15, 0.2) is 0 Å². The second kappa shape index (κ2) is 6.75. The Balaban J connectivity index is 1.84. The van der Waals surface area contributed by atoms with Gasteiger partial charge in [-0.15, -0.1) is 0 Å². The van der Waals surface area contributed by atoms with Gasteiger partial charge in [0.05, 0.1) is 0 Å². The highest BCUT2D eigenvalue weighted by molar-refractivity contribution is 4.87. The van der Waals surface area contributed by atoms with Gasteiger partial charge in [-0.3, -0.25) is 0 Å². The zero-order chi connectivity index (χ0) is 12.1. The molecule has 0 heterocycles. The Morgan fingerprint density at radius 3 is 2.41 bits per heavy atom. The van der Waals surface area contributed by atoms with Gasteiger partial charge in [-0.1, -0.05) is 33.1 Å². The van der Waals surface area contributed by atoms with Gasteiger partial charge in [0.1, 0.15) is 0 Å². The predicted octanol–water partition coefficient (Wildman–Crippen LogP) is 3.03. The van der Waals surface area contributed by atoms with Crippen LogP contribution in [0.2, 0.25) is 0 Å². The third-order valence-electron chi connectivity index (χ3n) is 4.84. The summed E-state index contributed by atoms with van der Waals surface area (Å²) in [4.78, 5) is 2.77. The van der Waals surface area contributed by atoms with E-state index in [9.17, 15) is 0 Å². The third-order valence-corrected chi connectivity index (χ3v) is 4.84. The number of hydrogen-bond acceptors (Lipinski definition) is 2. The van der Waals surface area contributed by atoms with Crippen LogP contribution in [0.1, 0.15) is 58.8 Å². The topological polar surface area (TPSA) is 15.3 Å². The first kappa shape index (κ1) is 13.4. The Bertz CT molecular complexity index is 211. The molecule has 2 nitrogen and oxygen atoms in total. The minimum absolute atomic E-state index is 0.801. The Hall–Kier alpha value is -0.0800. The Morgan fingerprint density at radius 1 is 1.00 bits per heavy atom. The van der Waals surface area contributed by atoms with Gasteiger partial charge in [0.2, 0.25) is 0 Å². The summed E-state index contributed by atoms with van der Waals surface area (Å²) in [6.07, 6.45) is 10.1. The average molecular weight is 238 g/mol. The second-order valence-electron chi connectivity index (χ2n) is 5.88. The molecule has 2 heteroatoms. The molecule has 2 unspecified atom stereocenters. The average Bonchev–Trinajstić information content (AvgIpc) is 2.97. The van der Waals surface area contributed by atoms with E-state index in [0.29, 0.717) is 0 Å². The lowest BCUT2D eigenvalue weighted by Gasteiger charge is -2.32. The molecule has 1 N–H and O–H groups in total. The van der Waals surface area contributed by atoms with Gasteiger partial charge >= 0.3 is 0 Å². The summed E-state index contributed by atoms with van der Waals surface area (Å²) in [5.41, 5.74) is 0. The summed E-state index contributed by atoms with van der Waals surface area (Å²) in [5, 5.41) is 3.69. The largest absolute Gasteiger partial charge is 0.314 e. The summed E-state index contributed by atoms with van der Waals surface area (Å²) < 4.78 is 0. The smallest absolute Gasteiger partial charge is 0.0107 e. The van der Waals surface area contributed by atoms with Crippen LogP contribution < -0.4 is 5.32 Å². The molecule has 2 rings (SSSR count). The highest BCUT2D eigenvalue weighted by Crippen LogP contribution is 2.30. The fourth-order valence-electron chi connectivity index (χ4n) is 3.89. The number of hydrogen-bond donors (Lipinski definition) is 1. The molecule has 2 fully saturated rings. The summed E-state index contributed by atoms with van der Waals surface area (Å²) >= 11 is 0. The van der Waals surface area contributed by atoms with E-state index in [1.165, 1.54) is 58.0 Å². The second-order valence-corrected chi connectivity index (χ2v) is 5.88. The van der Waals surface area contributed by atoms with E-state index in [0.717, 1.165) is 24.5 Å². The van der Waals surface area contributed by atoms with Crippen molar-refractivity contribution in [1.82, 2.24) is 10.2 Å². The van der Waals surface area contributed by atoms with E-state index >= 15 is 0 Å². The van der Waals surface area contributed by atoms with Crippen LogP contribution in [0.5, 0.6) is 0 Å². The maximum absolute atomic E-state index is 3.69. The van der Waals surface area contributed by atoms with Crippen molar-refractivity contribution in [2.45, 2.75) is 70.9 Å². The normalized spacial score (nSPS) is 30.5. The minimum atomic E-state index is 0.801. The molecule has 0 aromatic carbocycles. The maximum Gasteiger partial charge on any atom is 0.0107 e. The summed E-state index contributed by atoms with van der Waals surface area (Å²) in [6.45, 7) is 8.31. The van der Waals surface area contributed by atoms with Crippen molar-refractivity contribution in [2.24, 2.45) is 5.92 Å². The molecule has 2 aliphatic rings. The number of nitrogens with zero attached hydrogens (tertiary/aromatic N) is 1. The molecular formula is C15H30N2. The number of nitrogens with one attached hydrogen (secondary N) is 1. The molecule has 2 atom stereocenters.